The van der Waals surface area contributed by atoms with Crippen molar-refractivity contribution < 1.29 is 19.1 Å². The van der Waals surface area contributed by atoms with Crippen molar-refractivity contribution in [2.45, 2.75) is 24.6 Å². The van der Waals surface area contributed by atoms with Crippen molar-refractivity contribution in [2.24, 2.45) is 0 Å². The second-order valence-electron chi connectivity index (χ2n) is 4.92. The highest BCUT2D eigenvalue weighted by molar-refractivity contribution is 9.10. The van der Waals surface area contributed by atoms with Crippen molar-refractivity contribution in [3.05, 3.63) is 42.0 Å². The summed E-state index contributed by atoms with van der Waals surface area (Å²) in [6.07, 6.45) is 2.17. The zero-order valence-corrected chi connectivity index (χ0v) is 13.8. The lowest BCUT2D eigenvalue weighted by molar-refractivity contribution is -0.145. The van der Waals surface area contributed by atoms with Crippen LogP contribution in [0.15, 0.2) is 30.8 Å². The maximum Gasteiger partial charge on any atom is 0.338 e. The molecule has 0 saturated heterocycles. The van der Waals surface area contributed by atoms with E-state index in [4.69, 9.17) is 9.47 Å². The monoisotopic (exact) mass is 354 g/mol. The minimum atomic E-state index is -0.698. The minimum absolute atomic E-state index is 0.206. The van der Waals surface area contributed by atoms with Gasteiger partial charge in [0.05, 0.1) is 18.8 Å². The van der Waals surface area contributed by atoms with Gasteiger partial charge < -0.3 is 9.47 Å². The lowest BCUT2D eigenvalue weighted by Crippen LogP contribution is -2.27. The van der Waals surface area contributed by atoms with E-state index in [0.717, 1.165) is 5.56 Å². The van der Waals surface area contributed by atoms with Gasteiger partial charge in [0.1, 0.15) is 4.32 Å². The first-order valence-electron chi connectivity index (χ1n) is 6.60. The van der Waals surface area contributed by atoms with E-state index in [1.54, 1.807) is 44.2 Å². The molecule has 5 heteroatoms. The summed E-state index contributed by atoms with van der Waals surface area (Å²) in [6, 6.07) is 6.96. The summed E-state index contributed by atoms with van der Waals surface area (Å²) in [7, 11) is 0. The first-order valence-corrected chi connectivity index (χ1v) is 7.39. The van der Waals surface area contributed by atoms with E-state index in [1.165, 1.54) is 0 Å². The molecule has 0 atom stereocenters. The van der Waals surface area contributed by atoms with Crippen molar-refractivity contribution >= 4 is 33.9 Å². The van der Waals surface area contributed by atoms with Crippen molar-refractivity contribution in [2.75, 3.05) is 13.2 Å². The number of hydrogen-bond acceptors (Lipinski definition) is 4. The molecule has 0 aliphatic rings. The molecule has 0 spiro atoms. The van der Waals surface area contributed by atoms with Gasteiger partial charge in [-0.15, -0.1) is 0 Å². The molecular formula is C16H19BrO4. The van der Waals surface area contributed by atoms with Crippen molar-refractivity contribution in [3.8, 4) is 0 Å². The van der Waals surface area contributed by atoms with Crippen molar-refractivity contribution in [1.29, 1.82) is 0 Å². The Labute approximate surface area is 133 Å². The van der Waals surface area contributed by atoms with Crippen LogP contribution in [0.3, 0.4) is 0 Å². The molecule has 1 aromatic carbocycles. The van der Waals surface area contributed by atoms with Crippen LogP contribution in [0.25, 0.3) is 6.08 Å². The van der Waals surface area contributed by atoms with Gasteiger partial charge >= 0.3 is 11.9 Å². The van der Waals surface area contributed by atoms with Gasteiger partial charge in [-0.2, -0.15) is 0 Å². The third kappa shape index (κ3) is 6.12. The average molecular weight is 355 g/mol. The van der Waals surface area contributed by atoms with Gasteiger partial charge in [0.15, 0.2) is 0 Å². The Balaban J connectivity index is 2.27. The molecule has 1 aromatic rings. The fraction of sp³-hybridized carbons (Fsp3) is 0.375. The molecule has 0 aliphatic heterocycles. The van der Waals surface area contributed by atoms with E-state index in [2.05, 4.69) is 22.5 Å². The third-order valence-corrected chi connectivity index (χ3v) is 2.95. The SMILES string of the molecule is C=Cc1ccc(C(=O)OCCCOC(=O)C(C)(C)Br)cc1. The number of benzene rings is 1. The summed E-state index contributed by atoms with van der Waals surface area (Å²) in [5.74, 6) is -0.730. The summed E-state index contributed by atoms with van der Waals surface area (Å²) >= 11 is 3.21. The summed E-state index contributed by atoms with van der Waals surface area (Å²) in [4.78, 5) is 23.2. The molecule has 1 rings (SSSR count). The Morgan fingerprint density at radius 1 is 1.19 bits per heavy atom. The van der Waals surface area contributed by atoms with Gasteiger partial charge in [0.25, 0.3) is 0 Å². The number of carbonyl (C=O) groups is 2. The molecule has 0 saturated carbocycles. The first kappa shape index (κ1) is 17.4. The second kappa shape index (κ2) is 7.98. The lowest BCUT2D eigenvalue weighted by Gasteiger charge is -2.14. The van der Waals surface area contributed by atoms with Gasteiger partial charge in [-0.3, -0.25) is 4.79 Å². The highest BCUT2D eigenvalue weighted by Crippen LogP contribution is 2.17. The molecule has 0 aromatic heterocycles. The first-order chi connectivity index (χ1) is 9.84. The van der Waals surface area contributed by atoms with Crippen molar-refractivity contribution in [3.63, 3.8) is 0 Å². The summed E-state index contributed by atoms with van der Waals surface area (Å²) in [6.45, 7) is 7.49. The molecule has 0 unspecified atom stereocenters. The van der Waals surface area contributed by atoms with Crippen LogP contribution in [-0.4, -0.2) is 29.5 Å². The van der Waals surface area contributed by atoms with Crippen molar-refractivity contribution in [1.82, 2.24) is 0 Å². The quantitative estimate of drug-likeness (QED) is 0.426. The van der Waals surface area contributed by atoms with E-state index in [0.29, 0.717) is 12.0 Å². The lowest BCUT2D eigenvalue weighted by atomic mass is 10.1. The molecule has 114 valence electrons. The Morgan fingerprint density at radius 2 is 1.76 bits per heavy atom. The van der Waals surface area contributed by atoms with Crippen LogP contribution in [-0.2, 0) is 14.3 Å². The molecule has 0 bridgehead atoms. The molecule has 0 fully saturated rings. The number of ether oxygens (including phenoxy) is 2. The van der Waals surface area contributed by atoms with E-state index >= 15 is 0 Å². The fourth-order valence-electron chi connectivity index (χ4n) is 1.40. The maximum atomic E-state index is 11.7. The average Bonchev–Trinajstić information content (AvgIpc) is 2.45. The van der Waals surface area contributed by atoms with E-state index < -0.39 is 10.3 Å². The van der Waals surface area contributed by atoms with Gasteiger partial charge in [0.2, 0.25) is 0 Å². The number of alkyl halides is 1. The number of halogens is 1. The smallest absolute Gasteiger partial charge is 0.338 e. The number of hydrogen-bond donors (Lipinski definition) is 0. The molecule has 21 heavy (non-hydrogen) atoms. The summed E-state index contributed by atoms with van der Waals surface area (Å²) < 4.78 is 9.44. The van der Waals surface area contributed by atoms with Gasteiger partial charge in [-0.05, 0) is 31.5 Å². The van der Waals surface area contributed by atoms with E-state index in [9.17, 15) is 9.59 Å². The highest BCUT2D eigenvalue weighted by Gasteiger charge is 2.25. The molecule has 0 aliphatic carbocycles. The number of esters is 2. The molecular weight excluding hydrogens is 336 g/mol. The van der Waals surface area contributed by atoms with Gasteiger partial charge in [-0.1, -0.05) is 40.7 Å². The Bertz CT molecular complexity index is 500. The summed E-state index contributed by atoms with van der Waals surface area (Å²) in [5.41, 5.74) is 1.43. The minimum Gasteiger partial charge on any atom is -0.465 e. The Morgan fingerprint density at radius 3 is 2.29 bits per heavy atom. The van der Waals surface area contributed by atoms with E-state index in [-0.39, 0.29) is 19.2 Å². The van der Waals surface area contributed by atoms with Crippen LogP contribution in [0.5, 0.6) is 0 Å². The van der Waals surface area contributed by atoms with Crippen LogP contribution in [0.1, 0.15) is 36.2 Å². The van der Waals surface area contributed by atoms with Gasteiger partial charge in [-0.25, -0.2) is 4.79 Å². The van der Waals surface area contributed by atoms with Gasteiger partial charge in [0, 0.05) is 6.42 Å². The predicted octanol–water partition coefficient (Wildman–Crippen LogP) is 3.59. The maximum absolute atomic E-state index is 11.7. The zero-order valence-electron chi connectivity index (χ0n) is 12.2. The normalized spacial score (nSPS) is 10.8. The molecule has 0 amide bonds. The molecule has 0 radical (unpaired) electrons. The number of rotatable bonds is 7. The number of carbonyl (C=O) groups excluding carboxylic acids is 2. The second-order valence-corrected chi connectivity index (χ2v) is 6.91. The Hall–Kier alpha value is -1.62. The van der Waals surface area contributed by atoms with E-state index in [1.807, 2.05) is 0 Å². The van der Waals surface area contributed by atoms with Crippen LogP contribution < -0.4 is 0 Å². The van der Waals surface area contributed by atoms with Crippen LogP contribution in [0.4, 0.5) is 0 Å². The Kier molecular flexibility index (Phi) is 6.62. The van der Waals surface area contributed by atoms with Crippen LogP contribution in [0, 0.1) is 0 Å². The summed E-state index contributed by atoms with van der Waals surface area (Å²) in [5, 5.41) is 0. The molecule has 0 heterocycles. The standard InChI is InChI=1S/C16H19BrO4/c1-4-12-6-8-13(9-7-12)14(18)20-10-5-11-21-15(19)16(2,3)17/h4,6-9H,1,5,10-11H2,2-3H3. The van der Waals surface area contributed by atoms with Crippen LogP contribution >= 0.6 is 15.9 Å². The fourth-order valence-corrected chi connectivity index (χ4v) is 1.51. The molecule has 0 N–H and O–H groups in total. The third-order valence-electron chi connectivity index (χ3n) is 2.62. The highest BCUT2D eigenvalue weighted by atomic mass is 79.9. The molecule has 4 nitrogen and oxygen atoms in total. The largest absolute Gasteiger partial charge is 0.465 e. The topological polar surface area (TPSA) is 52.6 Å². The zero-order chi connectivity index (χ0) is 15.9. The predicted molar refractivity (Wildman–Crippen MR) is 85.4 cm³/mol. The van der Waals surface area contributed by atoms with Crippen LogP contribution in [0.2, 0.25) is 0 Å².